The Morgan fingerprint density at radius 2 is 1.80 bits per heavy atom. The molecule has 0 aromatic heterocycles. The molecule has 0 bridgehead atoms. The summed E-state index contributed by atoms with van der Waals surface area (Å²) in [7, 11) is 0. The Morgan fingerprint density at radius 3 is 1.90 bits per heavy atom. The van der Waals surface area contributed by atoms with Gasteiger partial charge in [0, 0.05) is 6.92 Å². The number of hydrogen-bond acceptors (Lipinski definition) is 4. The largest absolute Gasteiger partial charge is 0.508 e. The van der Waals surface area contributed by atoms with E-state index in [1.165, 1.54) is 0 Å². The number of carboxylic acid groups (broad SMARTS) is 2. The van der Waals surface area contributed by atoms with Gasteiger partial charge in [0.25, 0.3) is 0 Å². The Morgan fingerprint density at radius 1 is 1.40 bits per heavy atom. The van der Waals surface area contributed by atoms with E-state index in [-0.39, 0.29) is 0 Å². The minimum atomic E-state index is -2.66. The van der Waals surface area contributed by atoms with Gasteiger partial charge in [0.05, 0.1) is 0 Å². The summed E-state index contributed by atoms with van der Waals surface area (Å²) in [5, 5.41) is 24.5. The predicted octanol–water partition coefficient (Wildman–Crippen LogP) is -0.526. The number of carboxylic acids is 1. The Kier molecular flexibility index (Phi) is 2.20. The van der Waals surface area contributed by atoms with E-state index in [0.29, 0.717) is 6.92 Å². The van der Waals surface area contributed by atoms with Crippen molar-refractivity contribution in [3.8, 4) is 0 Å². The van der Waals surface area contributed by atoms with Crippen LogP contribution in [0.5, 0.6) is 0 Å². The van der Waals surface area contributed by atoms with Gasteiger partial charge in [-0.2, -0.15) is 0 Å². The Hall–Kier alpha value is -1.30. The highest BCUT2D eigenvalue weighted by Crippen LogP contribution is 2.04. The second-order valence-corrected chi connectivity index (χ2v) is 1.66. The van der Waals surface area contributed by atoms with Gasteiger partial charge in [-0.3, -0.25) is 0 Å². The Labute approximate surface area is 55.7 Å². The smallest absolute Gasteiger partial charge is 0.476 e. The van der Waals surface area contributed by atoms with Gasteiger partial charge in [0.15, 0.2) is 0 Å². The minimum Gasteiger partial charge on any atom is -0.476 e. The lowest BCUT2D eigenvalue weighted by Gasteiger charge is -2.14. The van der Waals surface area contributed by atoms with E-state index in [9.17, 15) is 9.59 Å². The fourth-order valence-corrected chi connectivity index (χ4v) is 0.214. The molecule has 0 aromatic carbocycles. The standard InChI is InChI=1S/C4H6O6/c1-4(9,2(5)6)10-3(7)8/h9H,1H3,(H,5,6)(H,7,8). The fourth-order valence-electron chi connectivity index (χ4n) is 0.214. The lowest BCUT2D eigenvalue weighted by molar-refractivity contribution is -0.200. The molecule has 6 nitrogen and oxygen atoms in total. The SMILES string of the molecule is CC(O)(OC(=O)O)C(=O)O. The maximum absolute atomic E-state index is 9.92. The summed E-state index contributed by atoms with van der Waals surface area (Å²) < 4.78 is 3.57. The molecule has 0 saturated carbocycles. The molecule has 1 unspecified atom stereocenters. The van der Waals surface area contributed by atoms with E-state index in [1.807, 2.05) is 0 Å². The third-order valence-corrected chi connectivity index (χ3v) is 0.683. The molecule has 0 amide bonds. The molecule has 0 heterocycles. The maximum Gasteiger partial charge on any atom is 0.508 e. The monoisotopic (exact) mass is 150 g/mol. The summed E-state index contributed by atoms with van der Waals surface area (Å²) in [4.78, 5) is 19.6. The van der Waals surface area contributed by atoms with Crippen molar-refractivity contribution in [1.82, 2.24) is 0 Å². The average molecular weight is 150 g/mol. The van der Waals surface area contributed by atoms with Crippen LogP contribution in [0.25, 0.3) is 0 Å². The first kappa shape index (κ1) is 8.70. The molecule has 0 radical (unpaired) electrons. The van der Waals surface area contributed by atoms with Crippen molar-refractivity contribution in [3.05, 3.63) is 0 Å². The summed E-state index contributed by atoms with van der Waals surface area (Å²) in [6.07, 6.45) is -1.84. The third-order valence-electron chi connectivity index (χ3n) is 0.683. The van der Waals surface area contributed by atoms with E-state index in [2.05, 4.69) is 4.74 Å². The van der Waals surface area contributed by atoms with Crippen LogP contribution in [-0.4, -0.2) is 33.2 Å². The number of hydrogen-bond donors (Lipinski definition) is 3. The summed E-state index contributed by atoms with van der Waals surface area (Å²) in [6, 6.07) is 0. The minimum absolute atomic E-state index is 0.712. The van der Waals surface area contributed by atoms with E-state index in [0.717, 1.165) is 0 Å². The molecular formula is C4H6O6. The van der Waals surface area contributed by atoms with Gasteiger partial charge in [-0.15, -0.1) is 0 Å². The van der Waals surface area contributed by atoms with Gasteiger partial charge in [-0.25, -0.2) is 9.59 Å². The van der Waals surface area contributed by atoms with Crippen LogP contribution in [0, 0.1) is 0 Å². The highest BCUT2D eigenvalue weighted by atomic mass is 16.7. The van der Waals surface area contributed by atoms with Crippen LogP contribution in [0.15, 0.2) is 0 Å². The molecule has 0 aliphatic carbocycles. The van der Waals surface area contributed by atoms with Crippen LogP contribution in [0.3, 0.4) is 0 Å². The van der Waals surface area contributed by atoms with Crippen molar-refractivity contribution >= 4 is 12.1 Å². The summed E-state index contributed by atoms with van der Waals surface area (Å²) in [5.41, 5.74) is 0. The lowest BCUT2D eigenvalue weighted by Crippen LogP contribution is -2.39. The third kappa shape index (κ3) is 2.31. The first-order valence-corrected chi connectivity index (χ1v) is 2.24. The van der Waals surface area contributed by atoms with E-state index in [1.54, 1.807) is 0 Å². The highest BCUT2D eigenvalue weighted by Gasteiger charge is 2.34. The highest BCUT2D eigenvalue weighted by molar-refractivity contribution is 5.77. The Bertz CT molecular complexity index is 159. The van der Waals surface area contributed by atoms with Crippen LogP contribution >= 0.6 is 0 Å². The molecule has 0 fully saturated rings. The number of ether oxygens (including phenoxy) is 1. The molecule has 10 heavy (non-hydrogen) atoms. The van der Waals surface area contributed by atoms with E-state index in [4.69, 9.17) is 15.3 Å². The number of aliphatic hydroxyl groups is 1. The zero-order valence-electron chi connectivity index (χ0n) is 5.07. The molecule has 3 N–H and O–H groups in total. The first-order chi connectivity index (χ1) is 4.36. The van der Waals surface area contributed by atoms with Crippen LogP contribution in [0.4, 0.5) is 4.79 Å². The van der Waals surface area contributed by atoms with Crippen molar-refractivity contribution < 1.29 is 29.6 Å². The van der Waals surface area contributed by atoms with Crippen molar-refractivity contribution in [3.63, 3.8) is 0 Å². The zero-order valence-corrected chi connectivity index (χ0v) is 5.07. The molecule has 0 rings (SSSR count). The summed E-state index contributed by atoms with van der Waals surface area (Å²) >= 11 is 0. The zero-order chi connectivity index (χ0) is 8.36. The molecular weight excluding hydrogens is 144 g/mol. The lowest BCUT2D eigenvalue weighted by atomic mass is 10.3. The van der Waals surface area contributed by atoms with Gasteiger partial charge in [-0.1, -0.05) is 0 Å². The van der Waals surface area contributed by atoms with E-state index >= 15 is 0 Å². The molecule has 1 atom stereocenters. The maximum atomic E-state index is 9.92. The second-order valence-electron chi connectivity index (χ2n) is 1.66. The molecule has 0 spiro atoms. The van der Waals surface area contributed by atoms with Crippen LogP contribution < -0.4 is 0 Å². The number of aliphatic carboxylic acids is 1. The van der Waals surface area contributed by atoms with Gasteiger partial charge in [-0.05, 0) is 0 Å². The van der Waals surface area contributed by atoms with Gasteiger partial charge in [0.1, 0.15) is 0 Å². The van der Waals surface area contributed by atoms with Crippen LogP contribution in [0.2, 0.25) is 0 Å². The van der Waals surface area contributed by atoms with Crippen molar-refractivity contribution in [1.29, 1.82) is 0 Å². The van der Waals surface area contributed by atoms with Crippen molar-refractivity contribution in [2.75, 3.05) is 0 Å². The van der Waals surface area contributed by atoms with Crippen molar-refractivity contribution in [2.45, 2.75) is 12.7 Å². The van der Waals surface area contributed by atoms with E-state index < -0.39 is 17.9 Å². The first-order valence-electron chi connectivity index (χ1n) is 2.24. The summed E-state index contributed by atoms with van der Waals surface area (Å²) in [5.74, 6) is -4.42. The normalized spacial score (nSPS) is 15.4. The molecule has 0 aliphatic rings. The average Bonchev–Trinajstić information content (AvgIpc) is 1.60. The number of rotatable bonds is 2. The molecule has 0 saturated heterocycles. The van der Waals surface area contributed by atoms with Gasteiger partial charge < -0.3 is 20.1 Å². The molecule has 58 valence electrons. The topological polar surface area (TPSA) is 104 Å². The van der Waals surface area contributed by atoms with Gasteiger partial charge in [0.2, 0.25) is 0 Å². The molecule has 0 aromatic rings. The van der Waals surface area contributed by atoms with Crippen LogP contribution in [-0.2, 0) is 9.53 Å². The van der Waals surface area contributed by atoms with Crippen LogP contribution in [0.1, 0.15) is 6.92 Å². The second kappa shape index (κ2) is 2.53. The predicted molar refractivity (Wildman–Crippen MR) is 27.4 cm³/mol. The molecule has 0 aliphatic heterocycles. The van der Waals surface area contributed by atoms with Gasteiger partial charge >= 0.3 is 17.9 Å². The quantitative estimate of drug-likeness (QED) is 0.361. The van der Waals surface area contributed by atoms with Crippen molar-refractivity contribution in [2.24, 2.45) is 0 Å². The fraction of sp³-hybridized carbons (Fsp3) is 0.500. The summed E-state index contributed by atoms with van der Waals surface area (Å²) in [6.45, 7) is 0.712. The Balaban J connectivity index is 4.13. The number of carbonyl (C=O) groups is 2. The molecule has 6 heteroatoms.